The highest BCUT2D eigenvalue weighted by molar-refractivity contribution is 5.80. The number of carboxylic acids is 1. The minimum atomic E-state index is -1.37. The molecule has 30 heavy (non-hydrogen) atoms. The van der Waals surface area contributed by atoms with Crippen LogP contribution in [0.1, 0.15) is 17.5 Å². The third kappa shape index (κ3) is 5.78. The molecule has 0 fully saturated rings. The number of allylic oxidation sites excluding steroid dienone is 2. The number of aliphatic carboxylic acids is 1. The summed E-state index contributed by atoms with van der Waals surface area (Å²) < 4.78 is 18.0. The van der Waals surface area contributed by atoms with Gasteiger partial charge in [0.2, 0.25) is 0 Å². The van der Waals surface area contributed by atoms with Gasteiger partial charge in [0.05, 0.1) is 0 Å². The van der Waals surface area contributed by atoms with Crippen LogP contribution >= 0.6 is 0 Å². The Morgan fingerprint density at radius 3 is 2.43 bits per heavy atom. The lowest BCUT2D eigenvalue weighted by molar-refractivity contribution is -0.139. The zero-order chi connectivity index (χ0) is 21.6. The first-order valence-corrected chi connectivity index (χ1v) is 9.42. The Morgan fingerprint density at radius 2 is 1.83 bits per heavy atom. The van der Waals surface area contributed by atoms with Crippen molar-refractivity contribution < 1.29 is 28.9 Å². The van der Waals surface area contributed by atoms with E-state index in [9.17, 15) is 24.2 Å². The summed E-state index contributed by atoms with van der Waals surface area (Å²) in [6.45, 7) is -0.323. The predicted octanol–water partition coefficient (Wildman–Crippen LogP) is 3.32. The number of alkyl carbamates (subject to hydrolysis) is 1. The molecule has 0 radical (unpaired) electrons. The van der Waals surface area contributed by atoms with E-state index < -0.39 is 29.5 Å². The van der Waals surface area contributed by atoms with E-state index >= 15 is 0 Å². The number of carbonyl (C=O) groups is 2. The van der Waals surface area contributed by atoms with Gasteiger partial charge in [-0.3, -0.25) is 0 Å². The number of halogens is 1. The standard InChI is InChI=1S/C23H22FNO5/c24-19-8-6-16(7-9-19)14-20(21(26)27)25-22(28)30-15-23(29)12-10-18(11-13-23)17-4-2-1-3-5-17/h1-12,20,29H,13-15H2,(H,25,28)(H,26,27). The van der Waals surface area contributed by atoms with Gasteiger partial charge in [-0.1, -0.05) is 54.6 Å². The lowest BCUT2D eigenvalue weighted by Gasteiger charge is -2.26. The first-order chi connectivity index (χ1) is 14.3. The van der Waals surface area contributed by atoms with E-state index in [1.807, 2.05) is 36.4 Å². The summed E-state index contributed by atoms with van der Waals surface area (Å²) in [5.74, 6) is -1.68. The first-order valence-electron chi connectivity index (χ1n) is 9.42. The van der Waals surface area contributed by atoms with E-state index in [4.69, 9.17) is 4.74 Å². The van der Waals surface area contributed by atoms with Crippen LogP contribution in [0, 0.1) is 5.82 Å². The van der Waals surface area contributed by atoms with Gasteiger partial charge in [0.25, 0.3) is 0 Å². The molecule has 7 heteroatoms. The molecule has 0 bridgehead atoms. The highest BCUT2D eigenvalue weighted by Crippen LogP contribution is 2.27. The average Bonchev–Trinajstić information content (AvgIpc) is 2.74. The Hall–Kier alpha value is -3.45. The number of ether oxygens (including phenoxy) is 1. The van der Waals surface area contributed by atoms with Crippen molar-refractivity contribution in [3.05, 3.63) is 89.8 Å². The fraction of sp³-hybridized carbons (Fsp3) is 0.217. The number of carboxylic acid groups (broad SMARTS) is 1. The Kier molecular flexibility index (Phi) is 6.64. The van der Waals surface area contributed by atoms with Crippen LogP contribution in [0.5, 0.6) is 0 Å². The quantitative estimate of drug-likeness (QED) is 0.650. The maximum absolute atomic E-state index is 13.0. The second-order valence-electron chi connectivity index (χ2n) is 7.11. The van der Waals surface area contributed by atoms with Crippen molar-refractivity contribution in [2.75, 3.05) is 6.61 Å². The number of benzene rings is 2. The molecule has 2 atom stereocenters. The van der Waals surface area contributed by atoms with Gasteiger partial charge in [0, 0.05) is 12.8 Å². The Balaban J connectivity index is 1.53. The van der Waals surface area contributed by atoms with E-state index in [-0.39, 0.29) is 19.4 Å². The van der Waals surface area contributed by atoms with Crippen molar-refractivity contribution in [3.8, 4) is 0 Å². The monoisotopic (exact) mass is 411 g/mol. The summed E-state index contributed by atoms with van der Waals surface area (Å²) in [4.78, 5) is 23.5. The Labute approximate surface area is 173 Å². The number of carbonyl (C=O) groups excluding carboxylic acids is 1. The third-order valence-electron chi connectivity index (χ3n) is 4.75. The van der Waals surface area contributed by atoms with Crippen molar-refractivity contribution in [2.45, 2.75) is 24.5 Å². The average molecular weight is 411 g/mol. The molecule has 0 saturated heterocycles. The number of hydrogen-bond acceptors (Lipinski definition) is 4. The Bertz CT molecular complexity index is 955. The highest BCUT2D eigenvalue weighted by Gasteiger charge is 2.28. The first kappa shape index (κ1) is 21.3. The van der Waals surface area contributed by atoms with Crippen LogP contribution < -0.4 is 5.32 Å². The molecule has 0 heterocycles. The topological polar surface area (TPSA) is 95.9 Å². The van der Waals surface area contributed by atoms with Gasteiger partial charge in [-0.2, -0.15) is 0 Å². The van der Waals surface area contributed by atoms with Crippen molar-refractivity contribution in [3.63, 3.8) is 0 Å². The second kappa shape index (κ2) is 9.37. The normalized spacial score (nSPS) is 18.9. The molecule has 0 spiro atoms. The lowest BCUT2D eigenvalue weighted by atomic mass is 9.90. The molecule has 3 N–H and O–H groups in total. The molecule has 1 aliphatic carbocycles. The maximum atomic E-state index is 13.0. The molecular weight excluding hydrogens is 389 g/mol. The van der Waals surface area contributed by atoms with Gasteiger partial charge in [0.1, 0.15) is 24.1 Å². The maximum Gasteiger partial charge on any atom is 0.407 e. The fourth-order valence-corrected chi connectivity index (χ4v) is 3.05. The molecular formula is C23H22FNO5. The molecule has 0 aromatic heterocycles. The van der Waals surface area contributed by atoms with Crippen molar-refractivity contribution in [1.29, 1.82) is 0 Å². The molecule has 1 aliphatic rings. The molecule has 0 saturated carbocycles. The zero-order valence-electron chi connectivity index (χ0n) is 16.1. The molecule has 1 amide bonds. The van der Waals surface area contributed by atoms with Crippen molar-refractivity contribution in [1.82, 2.24) is 5.32 Å². The minimum absolute atomic E-state index is 0.0297. The van der Waals surface area contributed by atoms with Crippen LogP contribution in [-0.4, -0.2) is 40.5 Å². The second-order valence-corrected chi connectivity index (χ2v) is 7.11. The Morgan fingerprint density at radius 1 is 1.13 bits per heavy atom. The number of aliphatic hydroxyl groups is 1. The number of nitrogens with one attached hydrogen (secondary N) is 1. The lowest BCUT2D eigenvalue weighted by Crippen LogP contribution is -2.44. The minimum Gasteiger partial charge on any atom is -0.480 e. The summed E-state index contributed by atoms with van der Waals surface area (Å²) in [6, 6.07) is 13.8. The van der Waals surface area contributed by atoms with Crippen LogP contribution in [0.2, 0.25) is 0 Å². The van der Waals surface area contributed by atoms with Crippen LogP contribution in [-0.2, 0) is 16.0 Å². The highest BCUT2D eigenvalue weighted by atomic mass is 19.1. The summed E-state index contributed by atoms with van der Waals surface area (Å²) in [5, 5.41) is 22.2. The van der Waals surface area contributed by atoms with E-state index in [1.54, 1.807) is 12.2 Å². The van der Waals surface area contributed by atoms with E-state index in [0.717, 1.165) is 11.1 Å². The molecule has 0 aliphatic heterocycles. The number of rotatable bonds is 7. The van der Waals surface area contributed by atoms with Crippen molar-refractivity contribution in [2.24, 2.45) is 0 Å². The van der Waals surface area contributed by atoms with Crippen LogP contribution in [0.25, 0.3) is 5.57 Å². The predicted molar refractivity (Wildman–Crippen MR) is 109 cm³/mol. The molecule has 2 aromatic carbocycles. The molecule has 3 rings (SSSR count). The zero-order valence-corrected chi connectivity index (χ0v) is 16.1. The summed E-state index contributed by atoms with van der Waals surface area (Å²) in [7, 11) is 0. The number of amides is 1. The number of hydrogen-bond donors (Lipinski definition) is 3. The van der Waals surface area contributed by atoms with E-state index in [1.165, 1.54) is 24.3 Å². The van der Waals surface area contributed by atoms with Crippen molar-refractivity contribution >= 4 is 17.6 Å². The van der Waals surface area contributed by atoms with E-state index in [0.29, 0.717) is 5.56 Å². The molecule has 2 unspecified atom stereocenters. The third-order valence-corrected chi connectivity index (χ3v) is 4.75. The smallest absolute Gasteiger partial charge is 0.407 e. The van der Waals surface area contributed by atoms with Gasteiger partial charge < -0.3 is 20.3 Å². The van der Waals surface area contributed by atoms with Crippen LogP contribution in [0.4, 0.5) is 9.18 Å². The molecule has 2 aromatic rings. The van der Waals surface area contributed by atoms with Gasteiger partial charge in [-0.25, -0.2) is 14.0 Å². The fourth-order valence-electron chi connectivity index (χ4n) is 3.05. The van der Waals surface area contributed by atoms with Gasteiger partial charge in [-0.15, -0.1) is 0 Å². The summed E-state index contributed by atoms with van der Waals surface area (Å²) in [6.07, 6.45) is 4.44. The molecule has 156 valence electrons. The van der Waals surface area contributed by atoms with Gasteiger partial charge in [0.15, 0.2) is 0 Å². The van der Waals surface area contributed by atoms with Crippen LogP contribution in [0.15, 0.2) is 72.8 Å². The summed E-state index contributed by atoms with van der Waals surface area (Å²) >= 11 is 0. The SMILES string of the molecule is O=C(NC(Cc1ccc(F)cc1)C(=O)O)OCC1(O)C=CC(c2ccccc2)=CC1. The molecule has 6 nitrogen and oxygen atoms in total. The largest absolute Gasteiger partial charge is 0.480 e. The summed E-state index contributed by atoms with van der Waals surface area (Å²) in [5.41, 5.74) is 1.15. The van der Waals surface area contributed by atoms with Gasteiger partial charge in [-0.05, 0) is 34.9 Å². The van der Waals surface area contributed by atoms with Crippen LogP contribution in [0.3, 0.4) is 0 Å². The van der Waals surface area contributed by atoms with Gasteiger partial charge >= 0.3 is 12.1 Å². The van der Waals surface area contributed by atoms with E-state index in [2.05, 4.69) is 5.32 Å².